The van der Waals surface area contributed by atoms with Gasteiger partial charge >= 0.3 is 6.18 Å². The van der Waals surface area contributed by atoms with Crippen molar-refractivity contribution in [2.75, 3.05) is 12.8 Å². The van der Waals surface area contributed by atoms with E-state index in [0.29, 0.717) is 17.0 Å². The molecule has 2 aromatic carbocycles. The van der Waals surface area contributed by atoms with Crippen molar-refractivity contribution in [3.63, 3.8) is 0 Å². The van der Waals surface area contributed by atoms with Crippen LogP contribution in [0, 0.1) is 0 Å². The summed E-state index contributed by atoms with van der Waals surface area (Å²) in [5, 5.41) is 0.237. The molecule has 2 N–H and O–H groups in total. The Morgan fingerprint density at radius 1 is 1.00 bits per heavy atom. The molecule has 0 spiro atoms. The molecule has 0 atom stereocenters. The minimum Gasteiger partial charge on any atom is -0.497 e. The first kappa shape index (κ1) is 20.9. The molecule has 0 saturated carbocycles. The maximum absolute atomic E-state index is 13.5. The molecule has 0 amide bonds. The number of aromatic nitrogens is 2. The van der Waals surface area contributed by atoms with Crippen molar-refractivity contribution in [2.45, 2.75) is 6.18 Å². The molecular formula is C22H15BrF3N3O2. The number of nitrogen functional groups attached to an aromatic ring is 1. The van der Waals surface area contributed by atoms with E-state index in [9.17, 15) is 18.0 Å². The normalized spacial score (nSPS) is 11.6. The van der Waals surface area contributed by atoms with Crippen LogP contribution in [0.5, 0.6) is 5.75 Å². The molecular weight excluding hydrogens is 475 g/mol. The van der Waals surface area contributed by atoms with Gasteiger partial charge in [-0.3, -0.25) is 9.36 Å². The number of fused-ring (bicyclic) bond motifs is 1. The van der Waals surface area contributed by atoms with E-state index in [2.05, 4.69) is 20.9 Å². The zero-order valence-corrected chi connectivity index (χ0v) is 17.7. The lowest BCUT2D eigenvalue weighted by molar-refractivity contribution is -0.141. The van der Waals surface area contributed by atoms with E-state index in [0.717, 1.165) is 15.1 Å². The van der Waals surface area contributed by atoms with Crippen LogP contribution in [0.15, 0.2) is 69.9 Å². The minimum atomic E-state index is -4.67. The molecule has 0 radical (unpaired) electrons. The maximum atomic E-state index is 13.5. The third kappa shape index (κ3) is 3.76. The molecule has 4 rings (SSSR count). The van der Waals surface area contributed by atoms with Crippen molar-refractivity contribution in [1.82, 2.24) is 9.55 Å². The number of alkyl halides is 3. The Kier molecular flexibility index (Phi) is 5.22. The highest BCUT2D eigenvalue weighted by Gasteiger charge is 2.33. The van der Waals surface area contributed by atoms with Crippen molar-refractivity contribution in [3.8, 4) is 22.6 Å². The number of methoxy groups -OCH3 is 1. The van der Waals surface area contributed by atoms with Crippen molar-refractivity contribution in [2.24, 2.45) is 0 Å². The number of nitrogens with two attached hydrogens (primary N) is 1. The number of rotatable bonds is 3. The standard InChI is InChI=1S/C22H15BrF3N3O2/c1-31-15-8-2-12(3-9-15)18-19(27)16-10-11-17(22(24,25)26)28-20(16)29(21(18)30)14-6-4-13(23)5-7-14/h2-11H,27H2,1H3. The van der Waals surface area contributed by atoms with Gasteiger partial charge in [0.05, 0.1) is 24.0 Å². The topological polar surface area (TPSA) is 70.1 Å². The SMILES string of the molecule is COc1ccc(-c2c(N)c3ccc(C(F)(F)F)nc3n(-c3ccc(Br)cc3)c2=O)cc1. The molecule has 5 nitrogen and oxygen atoms in total. The molecule has 31 heavy (non-hydrogen) atoms. The first-order valence-electron chi connectivity index (χ1n) is 9.03. The number of anilines is 1. The van der Waals surface area contributed by atoms with Crippen LogP contribution >= 0.6 is 15.9 Å². The molecule has 0 unspecified atom stereocenters. The number of halogens is 4. The summed E-state index contributed by atoms with van der Waals surface area (Å²) in [5.74, 6) is 0.591. The molecule has 158 valence electrons. The second kappa shape index (κ2) is 7.73. The van der Waals surface area contributed by atoms with Gasteiger partial charge in [-0.15, -0.1) is 0 Å². The van der Waals surface area contributed by atoms with Crippen LogP contribution in [0.1, 0.15) is 5.69 Å². The Hall–Kier alpha value is -3.33. The van der Waals surface area contributed by atoms with Gasteiger partial charge in [-0.05, 0) is 54.1 Å². The Bertz CT molecular complexity index is 1330. The van der Waals surface area contributed by atoms with Crippen LogP contribution in [0.25, 0.3) is 27.8 Å². The van der Waals surface area contributed by atoms with Gasteiger partial charge in [0.25, 0.3) is 5.56 Å². The third-order valence-electron chi connectivity index (χ3n) is 4.82. The smallest absolute Gasteiger partial charge is 0.433 e. The summed E-state index contributed by atoms with van der Waals surface area (Å²) in [5.41, 5.74) is 5.51. The summed E-state index contributed by atoms with van der Waals surface area (Å²) in [6.07, 6.45) is -4.67. The molecule has 2 aromatic heterocycles. The van der Waals surface area contributed by atoms with Gasteiger partial charge in [-0.2, -0.15) is 13.2 Å². The van der Waals surface area contributed by atoms with E-state index in [1.54, 1.807) is 48.5 Å². The van der Waals surface area contributed by atoms with Crippen LogP contribution < -0.4 is 16.0 Å². The lowest BCUT2D eigenvalue weighted by atomic mass is 10.0. The fourth-order valence-corrected chi connectivity index (χ4v) is 3.58. The van der Waals surface area contributed by atoms with Crippen LogP contribution in [0.3, 0.4) is 0 Å². The summed E-state index contributed by atoms with van der Waals surface area (Å²) in [7, 11) is 1.52. The second-order valence-electron chi connectivity index (χ2n) is 6.70. The summed E-state index contributed by atoms with van der Waals surface area (Å²) in [6.45, 7) is 0. The highest BCUT2D eigenvalue weighted by molar-refractivity contribution is 9.10. The lowest BCUT2D eigenvalue weighted by Crippen LogP contribution is -2.24. The monoisotopic (exact) mass is 489 g/mol. The number of hydrogen-bond donors (Lipinski definition) is 1. The summed E-state index contributed by atoms with van der Waals surface area (Å²) in [6, 6.07) is 15.4. The van der Waals surface area contributed by atoms with Crippen molar-refractivity contribution in [1.29, 1.82) is 0 Å². The van der Waals surface area contributed by atoms with Gasteiger partial charge in [0, 0.05) is 9.86 Å². The highest BCUT2D eigenvalue weighted by atomic mass is 79.9. The van der Waals surface area contributed by atoms with Gasteiger partial charge in [-0.25, -0.2) is 4.98 Å². The molecule has 0 aliphatic heterocycles. The molecule has 0 bridgehead atoms. The molecule has 0 saturated heterocycles. The van der Waals surface area contributed by atoms with Gasteiger partial charge in [0.1, 0.15) is 17.1 Å². The van der Waals surface area contributed by atoms with E-state index in [-0.39, 0.29) is 22.3 Å². The lowest BCUT2D eigenvalue weighted by Gasteiger charge is -2.17. The number of hydrogen-bond acceptors (Lipinski definition) is 4. The summed E-state index contributed by atoms with van der Waals surface area (Å²) in [4.78, 5) is 17.3. The minimum absolute atomic E-state index is 0.0553. The fraction of sp³-hybridized carbons (Fsp3) is 0.0909. The van der Waals surface area contributed by atoms with Gasteiger partial charge in [0.15, 0.2) is 0 Å². The Morgan fingerprint density at radius 3 is 2.23 bits per heavy atom. The van der Waals surface area contributed by atoms with Crippen LogP contribution in [0.4, 0.5) is 18.9 Å². The Morgan fingerprint density at radius 2 is 1.65 bits per heavy atom. The van der Waals surface area contributed by atoms with E-state index in [1.807, 2.05) is 0 Å². The molecule has 2 heterocycles. The number of ether oxygens (including phenoxy) is 1. The average Bonchev–Trinajstić information content (AvgIpc) is 2.74. The van der Waals surface area contributed by atoms with Gasteiger partial charge in [-0.1, -0.05) is 28.1 Å². The largest absolute Gasteiger partial charge is 0.497 e. The van der Waals surface area contributed by atoms with Crippen molar-refractivity contribution >= 4 is 32.7 Å². The van der Waals surface area contributed by atoms with E-state index in [1.165, 1.54) is 13.2 Å². The van der Waals surface area contributed by atoms with Crippen LogP contribution in [0.2, 0.25) is 0 Å². The van der Waals surface area contributed by atoms with Gasteiger partial charge < -0.3 is 10.5 Å². The molecule has 0 fully saturated rings. The number of benzene rings is 2. The van der Waals surface area contributed by atoms with Crippen molar-refractivity contribution in [3.05, 3.63) is 81.2 Å². The first-order chi connectivity index (χ1) is 14.7. The zero-order chi connectivity index (χ0) is 22.3. The summed E-state index contributed by atoms with van der Waals surface area (Å²) >= 11 is 3.32. The molecule has 4 aromatic rings. The fourth-order valence-electron chi connectivity index (χ4n) is 3.31. The molecule has 0 aliphatic rings. The van der Waals surface area contributed by atoms with E-state index in [4.69, 9.17) is 10.5 Å². The maximum Gasteiger partial charge on any atom is 0.433 e. The summed E-state index contributed by atoms with van der Waals surface area (Å²) < 4.78 is 47.0. The molecule has 0 aliphatic carbocycles. The predicted molar refractivity (Wildman–Crippen MR) is 116 cm³/mol. The van der Waals surface area contributed by atoms with E-state index < -0.39 is 17.4 Å². The van der Waals surface area contributed by atoms with E-state index >= 15 is 0 Å². The average molecular weight is 490 g/mol. The Labute approximate surface area is 183 Å². The number of nitrogens with zero attached hydrogens (tertiary/aromatic N) is 2. The Balaban J connectivity index is 2.11. The second-order valence-corrected chi connectivity index (χ2v) is 7.62. The number of pyridine rings is 2. The highest BCUT2D eigenvalue weighted by Crippen LogP contribution is 2.34. The van der Waals surface area contributed by atoms with Crippen LogP contribution in [-0.4, -0.2) is 16.7 Å². The predicted octanol–water partition coefficient (Wildman–Crippen LogP) is 5.42. The third-order valence-corrected chi connectivity index (χ3v) is 5.35. The van der Waals surface area contributed by atoms with Crippen molar-refractivity contribution < 1.29 is 17.9 Å². The quantitative estimate of drug-likeness (QED) is 0.416. The molecule has 9 heteroatoms. The van der Waals surface area contributed by atoms with Gasteiger partial charge in [0.2, 0.25) is 0 Å². The van der Waals surface area contributed by atoms with Crippen LogP contribution in [-0.2, 0) is 6.18 Å². The first-order valence-corrected chi connectivity index (χ1v) is 9.83. The zero-order valence-electron chi connectivity index (χ0n) is 16.1.